The van der Waals surface area contributed by atoms with Crippen LogP contribution in [0.1, 0.15) is 5.69 Å². The van der Waals surface area contributed by atoms with E-state index in [1.807, 2.05) is 6.26 Å². The van der Waals surface area contributed by atoms with Crippen LogP contribution in [0.2, 0.25) is 0 Å². The van der Waals surface area contributed by atoms with E-state index in [9.17, 15) is 8.78 Å². The zero-order chi connectivity index (χ0) is 13.1. The van der Waals surface area contributed by atoms with E-state index in [1.165, 1.54) is 16.4 Å². The summed E-state index contributed by atoms with van der Waals surface area (Å²) in [6.45, 7) is 1.37. The summed E-state index contributed by atoms with van der Waals surface area (Å²) >= 11 is 1.43. The second-order valence-electron chi connectivity index (χ2n) is 3.67. The van der Waals surface area contributed by atoms with Crippen LogP contribution < -0.4 is 0 Å². The normalized spacial score (nSPS) is 11.2. The van der Waals surface area contributed by atoms with Crippen molar-refractivity contribution in [1.82, 2.24) is 19.7 Å². The lowest BCUT2D eigenvalue weighted by molar-refractivity contribution is 0.121. The summed E-state index contributed by atoms with van der Waals surface area (Å²) in [6, 6.07) is 1.75. The molecule has 0 saturated heterocycles. The molecule has 0 aliphatic carbocycles. The van der Waals surface area contributed by atoms with Crippen LogP contribution in [0, 0.1) is 6.92 Å². The van der Waals surface area contributed by atoms with Crippen molar-refractivity contribution in [3.8, 4) is 11.3 Å². The van der Waals surface area contributed by atoms with Gasteiger partial charge in [-0.15, -0.1) is 0 Å². The second-order valence-corrected chi connectivity index (χ2v) is 4.44. The summed E-state index contributed by atoms with van der Waals surface area (Å²) in [7, 11) is 0. The number of rotatable bonds is 4. The van der Waals surface area contributed by atoms with Gasteiger partial charge in [0.1, 0.15) is 6.54 Å². The third-order valence-electron chi connectivity index (χ3n) is 2.36. The number of alkyl halides is 2. The van der Waals surface area contributed by atoms with Crippen LogP contribution in [0.3, 0.4) is 0 Å². The van der Waals surface area contributed by atoms with Gasteiger partial charge in [0.2, 0.25) is 0 Å². The summed E-state index contributed by atoms with van der Waals surface area (Å²) in [5.74, 6) is 0. The van der Waals surface area contributed by atoms with Crippen molar-refractivity contribution in [1.29, 1.82) is 0 Å². The Morgan fingerprint density at radius 2 is 2.22 bits per heavy atom. The highest BCUT2D eigenvalue weighted by Gasteiger charge is 2.12. The predicted octanol–water partition coefficient (Wildman–Crippen LogP) is 2.64. The van der Waals surface area contributed by atoms with Crippen molar-refractivity contribution in [3.05, 3.63) is 24.2 Å². The van der Waals surface area contributed by atoms with Gasteiger partial charge in [-0.2, -0.15) is 5.10 Å². The minimum Gasteiger partial charge on any atom is -0.266 e. The molecule has 0 aromatic carbocycles. The summed E-state index contributed by atoms with van der Waals surface area (Å²) in [4.78, 5) is 8.40. The number of thioether (sulfide) groups is 1. The smallest absolute Gasteiger partial charge is 0.257 e. The van der Waals surface area contributed by atoms with Crippen molar-refractivity contribution in [2.45, 2.75) is 25.1 Å². The lowest BCUT2D eigenvalue weighted by Gasteiger charge is -2.00. The molecule has 0 bridgehead atoms. The molecule has 0 aliphatic heterocycles. The van der Waals surface area contributed by atoms with Crippen molar-refractivity contribution < 1.29 is 8.78 Å². The number of aromatic nitrogens is 4. The quantitative estimate of drug-likeness (QED) is 0.633. The molecule has 0 N–H and O–H groups in total. The fourth-order valence-electron chi connectivity index (χ4n) is 1.59. The van der Waals surface area contributed by atoms with E-state index in [2.05, 4.69) is 15.1 Å². The number of aryl methyl sites for hydroxylation is 1. The topological polar surface area (TPSA) is 43.6 Å². The van der Waals surface area contributed by atoms with Gasteiger partial charge in [-0.05, 0) is 19.2 Å². The fourth-order valence-corrected chi connectivity index (χ4v) is 1.95. The van der Waals surface area contributed by atoms with Gasteiger partial charge in [-0.1, -0.05) is 11.8 Å². The lowest BCUT2D eigenvalue weighted by atomic mass is 10.2. The van der Waals surface area contributed by atoms with Crippen molar-refractivity contribution in [2.75, 3.05) is 6.26 Å². The van der Waals surface area contributed by atoms with Crippen molar-refractivity contribution in [2.24, 2.45) is 0 Å². The molecule has 0 radical (unpaired) electrons. The third-order valence-corrected chi connectivity index (χ3v) is 2.93. The highest BCUT2D eigenvalue weighted by molar-refractivity contribution is 7.98. The molecule has 0 amide bonds. The van der Waals surface area contributed by atoms with Crippen LogP contribution in [0.15, 0.2) is 23.6 Å². The molecule has 7 heteroatoms. The maximum atomic E-state index is 12.3. The van der Waals surface area contributed by atoms with Crippen LogP contribution in [-0.4, -0.2) is 32.4 Å². The largest absolute Gasteiger partial charge is 0.266 e. The molecule has 0 atom stereocenters. The van der Waals surface area contributed by atoms with E-state index in [0.717, 1.165) is 5.56 Å². The number of hydrogen-bond donors (Lipinski definition) is 0. The van der Waals surface area contributed by atoms with Gasteiger partial charge in [-0.25, -0.2) is 18.7 Å². The Kier molecular flexibility index (Phi) is 3.90. The minimum atomic E-state index is -2.41. The van der Waals surface area contributed by atoms with Gasteiger partial charge < -0.3 is 0 Å². The molecular weight excluding hydrogens is 258 g/mol. The highest BCUT2D eigenvalue weighted by atomic mass is 32.2. The van der Waals surface area contributed by atoms with E-state index in [-0.39, 0.29) is 0 Å². The summed E-state index contributed by atoms with van der Waals surface area (Å²) in [5.41, 5.74) is 2.14. The first-order valence-corrected chi connectivity index (χ1v) is 6.52. The number of halogens is 2. The Bertz CT molecular complexity index is 542. The third kappa shape index (κ3) is 2.84. The Morgan fingerprint density at radius 1 is 1.44 bits per heavy atom. The van der Waals surface area contributed by atoms with Crippen LogP contribution in [0.4, 0.5) is 8.78 Å². The standard InChI is InChI=1S/C11H12F2N4S/c1-7-8(5-17(16-7)6-10(12)13)9-3-4-14-11(15-9)18-2/h3-5,10H,6H2,1-2H3. The Balaban J connectivity index is 2.34. The molecule has 2 aromatic rings. The molecule has 2 aromatic heterocycles. The van der Waals surface area contributed by atoms with E-state index in [4.69, 9.17) is 0 Å². The molecule has 0 fully saturated rings. The van der Waals surface area contributed by atoms with Gasteiger partial charge in [-0.3, -0.25) is 4.68 Å². The summed E-state index contributed by atoms with van der Waals surface area (Å²) in [5, 5.41) is 4.70. The van der Waals surface area contributed by atoms with E-state index < -0.39 is 13.0 Å². The SMILES string of the molecule is CSc1nccc(-c2cn(CC(F)F)nc2C)n1. The zero-order valence-electron chi connectivity index (χ0n) is 9.97. The maximum Gasteiger partial charge on any atom is 0.257 e. The van der Waals surface area contributed by atoms with E-state index >= 15 is 0 Å². The number of nitrogens with zero attached hydrogens (tertiary/aromatic N) is 4. The first kappa shape index (κ1) is 12.9. The lowest BCUT2D eigenvalue weighted by Crippen LogP contribution is -2.06. The monoisotopic (exact) mass is 270 g/mol. The van der Waals surface area contributed by atoms with Gasteiger partial charge in [0, 0.05) is 18.0 Å². The summed E-state index contributed by atoms with van der Waals surface area (Å²) < 4.78 is 25.8. The first-order valence-electron chi connectivity index (χ1n) is 5.29. The highest BCUT2D eigenvalue weighted by Crippen LogP contribution is 2.22. The van der Waals surface area contributed by atoms with Crippen LogP contribution in [0.25, 0.3) is 11.3 Å². The maximum absolute atomic E-state index is 12.3. The van der Waals surface area contributed by atoms with Crippen LogP contribution in [-0.2, 0) is 6.54 Å². The van der Waals surface area contributed by atoms with Gasteiger partial charge in [0.15, 0.2) is 5.16 Å². The first-order chi connectivity index (χ1) is 8.60. The van der Waals surface area contributed by atoms with Crippen LogP contribution >= 0.6 is 11.8 Å². The average molecular weight is 270 g/mol. The Hall–Kier alpha value is -1.50. The molecule has 18 heavy (non-hydrogen) atoms. The average Bonchev–Trinajstić information content (AvgIpc) is 2.69. The molecule has 0 aliphatic rings. The molecule has 2 heterocycles. The van der Waals surface area contributed by atoms with E-state index in [0.29, 0.717) is 16.5 Å². The van der Waals surface area contributed by atoms with Gasteiger partial charge >= 0.3 is 0 Å². The molecular formula is C11H12F2N4S. The summed E-state index contributed by atoms with van der Waals surface area (Å²) in [6.07, 6.45) is 2.71. The Labute approximate surface area is 107 Å². The van der Waals surface area contributed by atoms with Crippen LogP contribution in [0.5, 0.6) is 0 Å². The van der Waals surface area contributed by atoms with Gasteiger partial charge in [0.25, 0.3) is 6.43 Å². The molecule has 96 valence electrons. The van der Waals surface area contributed by atoms with Crippen molar-refractivity contribution in [3.63, 3.8) is 0 Å². The fraction of sp³-hybridized carbons (Fsp3) is 0.364. The van der Waals surface area contributed by atoms with E-state index in [1.54, 1.807) is 25.4 Å². The second kappa shape index (κ2) is 5.43. The minimum absolute atomic E-state index is 0.401. The molecule has 2 rings (SSSR count). The molecule has 0 saturated carbocycles. The zero-order valence-corrected chi connectivity index (χ0v) is 10.8. The predicted molar refractivity (Wildman–Crippen MR) is 65.8 cm³/mol. The molecule has 4 nitrogen and oxygen atoms in total. The van der Waals surface area contributed by atoms with Gasteiger partial charge in [0.05, 0.1) is 11.4 Å². The number of hydrogen-bond acceptors (Lipinski definition) is 4. The molecule has 0 unspecified atom stereocenters. The molecule has 0 spiro atoms. The Morgan fingerprint density at radius 3 is 2.89 bits per heavy atom. The van der Waals surface area contributed by atoms with Crippen molar-refractivity contribution >= 4 is 11.8 Å².